The molecule has 1 unspecified atom stereocenters. The van der Waals surface area contributed by atoms with Crippen LogP contribution in [0.3, 0.4) is 0 Å². The van der Waals surface area contributed by atoms with Crippen LogP contribution < -0.4 is 5.73 Å². The third-order valence-electron chi connectivity index (χ3n) is 5.17. The van der Waals surface area contributed by atoms with Crippen molar-refractivity contribution in [3.8, 4) is 0 Å². The van der Waals surface area contributed by atoms with E-state index in [1.165, 1.54) is 0 Å². The van der Waals surface area contributed by atoms with Crippen LogP contribution in [0, 0.1) is 10.8 Å². The van der Waals surface area contributed by atoms with Crippen molar-refractivity contribution in [1.82, 2.24) is 14.7 Å². The smallest absolute Gasteiger partial charge is 0.112 e. The molecular weight excluding hydrogens is 336 g/mol. The molecule has 5 nitrogen and oxygen atoms in total. The topological polar surface area (TPSA) is 56.3 Å². The van der Waals surface area contributed by atoms with Crippen LogP contribution in [0.4, 0.5) is 5.69 Å². The zero-order valence-electron chi connectivity index (χ0n) is 17.8. The molecule has 5 heteroatoms. The Labute approximate surface area is 164 Å². The molecule has 0 spiro atoms. The van der Waals surface area contributed by atoms with E-state index >= 15 is 0 Å². The quantitative estimate of drug-likeness (QED) is 0.608. The molecule has 0 saturated carbocycles. The van der Waals surface area contributed by atoms with Gasteiger partial charge in [0, 0.05) is 18.5 Å². The SMILES string of the molecule is C=C(/C=C\C(=C/C)n1cc(N)cn1)OC1CCN(C)CC(C)(C)CC1(C)C. The fourth-order valence-electron chi connectivity index (χ4n) is 4.34. The van der Waals surface area contributed by atoms with E-state index in [0.29, 0.717) is 11.4 Å². The largest absolute Gasteiger partial charge is 0.490 e. The normalized spacial score (nSPS) is 23.8. The summed E-state index contributed by atoms with van der Waals surface area (Å²) in [5.74, 6) is 0.675. The summed E-state index contributed by atoms with van der Waals surface area (Å²) in [6, 6.07) is 0. The number of aromatic nitrogens is 2. The Morgan fingerprint density at radius 1 is 1.33 bits per heavy atom. The number of hydrogen-bond acceptors (Lipinski definition) is 4. The minimum Gasteiger partial charge on any atom is -0.490 e. The van der Waals surface area contributed by atoms with Crippen molar-refractivity contribution in [3.63, 3.8) is 0 Å². The molecule has 0 aromatic carbocycles. The van der Waals surface area contributed by atoms with Gasteiger partial charge in [0.25, 0.3) is 0 Å². The van der Waals surface area contributed by atoms with Crippen LogP contribution in [-0.4, -0.2) is 40.9 Å². The van der Waals surface area contributed by atoms with Crippen molar-refractivity contribution in [2.75, 3.05) is 25.9 Å². The van der Waals surface area contributed by atoms with E-state index in [-0.39, 0.29) is 16.9 Å². The maximum atomic E-state index is 6.33. The van der Waals surface area contributed by atoms with Crippen molar-refractivity contribution in [2.24, 2.45) is 10.8 Å². The van der Waals surface area contributed by atoms with E-state index < -0.39 is 0 Å². The maximum absolute atomic E-state index is 6.33. The zero-order chi connectivity index (χ0) is 20.2. The molecule has 1 aromatic heterocycles. The predicted octanol–water partition coefficient (Wildman–Crippen LogP) is 4.56. The molecule has 2 heterocycles. The average molecular weight is 373 g/mol. The molecule has 2 N–H and O–H groups in total. The molecule has 0 amide bonds. The standard InChI is InChI=1S/C22H36N4O/c1-8-19(26-14-18(23)13-24-26)10-9-17(2)27-20-11-12-25(7)16-21(3,4)15-22(20,5)6/h8-10,13-14,20H,2,11-12,15-16,23H2,1,3-7H3/b10-9-,19-8+. The number of nitrogens with zero attached hydrogens (tertiary/aromatic N) is 3. The fourth-order valence-corrected chi connectivity index (χ4v) is 4.34. The number of allylic oxidation sites excluding steroid dienone is 4. The third-order valence-corrected chi connectivity index (χ3v) is 5.17. The second-order valence-corrected chi connectivity index (χ2v) is 9.19. The van der Waals surface area contributed by atoms with Gasteiger partial charge in [-0.25, -0.2) is 4.68 Å². The molecule has 0 aliphatic carbocycles. The first kappa shape index (κ1) is 21.3. The molecule has 2 rings (SSSR count). The van der Waals surface area contributed by atoms with Gasteiger partial charge in [0.15, 0.2) is 0 Å². The lowest BCUT2D eigenvalue weighted by Crippen LogP contribution is -2.45. The van der Waals surface area contributed by atoms with Crippen LogP contribution in [0.5, 0.6) is 0 Å². The number of hydrogen-bond donors (Lipinski definition) is 1. The van der Waals surface area contributed by atoms with Crippen molar-refractivity contribution in [3.05, 3.63) is 43.0 Å². The average Bonchev–Trinajstić information content (AvgIpc) is 2.95. The first-order valence-corrected chi connectivity index (χ1v) is 9.71. The maximum Gasteiger partial charge on any atom is 0.112 e. The van der Waals surface area contributed by atoms with Crippen molar-refractivity contribution >= 4 is 11.4 Å². The lowest BCUT2D eigenvalue weighted by atomic mass is 9.70. The first-order valence-electron chi connectivity index (χ1n) is 9.71. The Morgan fingerprint density at radius 2 is 2.04 bits per heavy atom. The number of rotatable bonds is 5. The highest BCUT2D eigenvalue weighted by Gasteiger charge is 2.39. The summed E-state index contributed by atoms with van der Waals surface area (Å²) in [6.45, 7) is 17.5. The molecule has 1 aromatic rings. The summed E-state index contributed by atoms with van der Waals surface area (Å²) in [7, 11) is 2.19. The van der Waals surface area contributed by atoms with Gasteiger partial charge < -0.3 is 15.4 Å². The fraction of sp³-hybridized carbons (Fsp3) is 0.591. The van der Waals surface area contributed by atoms with Crippen LogP contribution >= 0.6 is 0 Å². The van der Waals surface area contributed by atoms with Crippen LogP contribution in [-0.2, 0) is 4.74 Å². The molecule has 1 aliphatic rings. The van der Waals surface area contributed by atoms with E-state index in [1.807, 2.05) is 25.2 Å². The Bertz CT molecular complexity index is 712. The Morgan fingerprint density at radius 3 is 2.63 bits per heavy atom. The lowest BCUT2D eigenvalue weighted by molar-refractivity contribution is -0.0329. The zero-order valence-corrected chi connectivity index (χ0v) is 17.8. The second-order valence-electron chi connectivity index (χ2n) is 9.19. The van der Waals surface area contributed by atoms with Gasteiger partial charge in [-0.2, -0.15) is 5.10 Å². The van der Waals surface area contributed by atoms with E-state index in [1.54, 1.807) is 17.1 Å². The van der Waals surface area contributed by atoms with Crippen LogP contribution in [0.15, 0.2) is 43.0 Å². The molecule has 1 atom stereocenters. The van der Waals surface area contributed by atoms with E-state index in [9.17, 15) is 0 Å². The number of ether oxygens (including phenoxy) is 1. The number of nitrogen functional groups attached to an aromatic ring is 1. The van der Waals surface area contributed by atoms with Gasteiger partial charge in [0.2, 0.25) is 0 Å². The van der Waals surface area contributed by atoms with Gasteiger partial charge in [-0.1, -0.05) is 40.3 Å². The van der Waals surface area contributed by atoms with Gasteiger partial charge in [-0.15, -0.1) is 0 Å². The lowest BCUT2D eigenvalue weighted by Gasteiger charge is -2.44. The molecule has 1 aliphatic heterocycles. The van der Waals surface area contributed by atoms with Crippen molar-refractivity contribution in [2.45, 2.75) is 53.6 Å². The highest BCUT2D eigenvalue weighted by atomic mass is 16.5. The molecule has 1 fully saturated rings. The first-order chi connectivity index (χ1) is 12.5. The molecule has 1 saturated heterocycles. The molecule has 27 heavy (non-hydrogen) atoms. The van der Waals surface area contributed by atoms with E-state index in [4.69, 9.17) is 10.5 Å². The summed E-state index contributed by atoms with van der Waals surface area (Å²) in [5, 5.41) is 4.25. The van der Waals surface area contributed by atoms with Crippen molar-refractivity contribution in [1.29, 1.82) is 0 Å². The van der Waals surface area contributed by atoms with Gasteiger partial charge in [0.05, 0.1) is 23.8 Å². The van der Waals surface area contributed by atoms with Gasteiger partial charge in [-0.3, -0.25) is 0 Å². The van der Waals surface area contributed by atoms with E-state index in [2.05, 4.69) is 51.3 Å². The number of anilines is 1. The summed E-state index contributed by atoms with van der Waals surface area (Å²) < 4.78 is 8.08. The number of nitrogens with two attached hydrogens (primary N) is 1. The minimum atomic E-state index is 0.0847. The molecule has 0 bridgehead atoms. The summed E-state index contributed by atoms with van der Waals surface area (Å²) in [4.78, 5) is 2.41. The molecular formula is C22H36N4O. The minimum absolute atomic E-state index is 0.0847. The summed E-state index contributed by atoms with van der Waals surface area (Å²) in [6.07, 6.45) is 11.5. The van der Waals surface area contributed by atoms with Crippen LogP contribution in [0.2, 0.25) is 0 Å². The summed E-state index contributed by atoms with van der Waals surface area (Å²) >= 11 is 0. The number of likely N-dealkylation sites (tertiary alicyclic amines) is 1. The monoisotopic (exact) mass is 372 g/mol. The van der Waals surface area contributed by atoms with Crippen molar-refractivity contribution < 1.29 is 4.74 Å². The Kier molecular flexibility index (Phi) is 6.58. The highest BCUT2D eigenvalue weighted by molar-refractivity contribution is 5.58. The van der Waals surface area contributed by atoms with Gasteiger partial charge in [-0.05, 0) is 44.4 Å². The molecule has 150 valence electrons. The molecule has 0 radical (unpaired) electrons. The Balaban J connectivity index is 2.08. The third kappa shape index (κ3) is 5.99. The van der Waals surface area contributed by atoms with Gasteiger partial charge in [0.1, 0.15) is 11.9 Å². The second kappa shape index (κ2) is 8.34. The van der Waals surface area contributed by atoms with Crippen LogP contribution in [0.25, 0.3) is 5.70 Å². The van der Waals surface area contributed by atoms with E-state index in [0.717, 1.165) is 31.6 Å². The highest BCUT2D eigenvalue weighted by Crippen LogP contribution is 2.41. The van der Waals surface area contributed by atoms with Gasteiger partial charge >= 0.3 is 0 Å². The van der Waals surface area contributed by atoms with Crippen LogP contribution in [0.1, 0.15) is 47.5 Å². The Hall–Kier alpha value is -2.01. The summed E-state index contributed by atoms with van der Waals surface area (Å²) in [5.41, 5.74) is 7.67. The predicted molar refractivity (Wildman–Crippen MR) is 114 cm³/mol.